The van der Waals surface area contributed by atoms with Crippen LogP contribution in [-0.2, 0) is 5.54 Å². The smallest absolute Gasteiger partial charge is 0.148 e. The third-order valence-corrected chi connectivity index (χ3v) is 2.88. The van der Waals surface area contributed by atoms with Crippen LogP contribution >= 0.6 is 0 Å². The summed E-state index contributed by atoms with van der Waals surface area (Å²) in [6.07, 6.45) is 0. The Morgan fingerprint density at radius 1 is 1.11 bits per heavy atom. The summed E-state index contributed by atoms with van der Waals surface area (Å²) >= 11 is 0. The van der Waals surface area contributed by atoms with Gasteiger partial charge in [-0.1, -0.05) is 0 Å². The molecule has 3 nitrogen and oxygen atoms in total. The molecule has 1 aromatic heterocycles. The molecule has 0 amide bonds. The molecule has 100 valence electrons. The van der Waals surface area contributed by atoms with Crippen molar-refractivity contribution in [3.05, 3.63) is 47.2 Å². The van der Waals surface area contributed by atoms with E-state index in [0.29, 0.717) is 11.4 Å². The van der Waals surface area contributed by atoms with Gasteiger partial charge in [0.25, 0.3) is 0 Å². The van der Waals surface area contributed by atoms with Gasteiger partial charge in [-0.25, -0.2) is 14.4 Å². The third kappa shape index (κ3) is 2.96. The molecule has 0 bridgehead atoms. The summed E-state index contributed by atoms with van der Waals surface area (Å²) in [5.41, 5.74) is 8.53. The molecular weight excluding hydrogens is 241 g/mol. The molecule has 0 radical (unpaired) electrons. The zero-order valence-corrected chi connectivity index (χ0v) is 11.7. The van der Waals surface area contributed by atoms with Gasteiger partial charge in [-0.3, -0.25) is 0 Å². The van der Waals surface area contributed by atoms with Gasteiger partial charge >= 0.3 is 0 Å². The van der Waals surface area contributed by atoms with Gasteiger partial charge in [-0.05, 0) is 57.5 Å². The molecule has 0 aliphatic rings. The Morgan fingerprint density at radius 3 is 2.37 bits per heavy atom. The average Bonchev–Trinajstić information content (AvgIpc) is 2.31. The first kappa shape index (κ1) is 13.6. The topological polar surface area (TPSA) is 51.8 Å². The van der Waals surface area contributed by atoms with E-state index in [2.05, 4.69) is 9.97 Å². The van der Waals surface area contributed by atoms with Crippen molar-refractivity contribution in [1.82, 2.24) is 9.97 Å². The zero-order chi connectivity index (χ0) is 14.2. The normalized spacial score (nSPS) is 11.7. The first-order valence-corrected chi connectivity index (χ1v) is 6.19. The maximum atomic E-state index is 13.3. The van der Waals surface area contributed by atoms with E-state index >= 15 is 0 Å². The van der Waals surface area contributed by atoms with Crippen molar-refractivity contribution < 1.29 is 4.39 Å². The minimum Gasteiger partial charge on any atom is -0.319 e. The molecule has 1 aromatic carbocycles. The molecule has 0 atom stereocenters. The number of halogens is 1. The van der Waals surface area contributed by atoms with Gasteiger partial charge in [0, 0.05) is 11.3 Å². The number of hydrogen-bond donors (Lipinski definition) is 1. The average molecular weight is 259 g/mol. The van der Waals surface area contributed by atoms with E-state index < -0.39 is 5.54 Å². The highest BCUT2D eigenvalue weighted by Crippen LogP contribution is 2.23. The second-order valence-corrected chi connectivity index (χ2v) is 5.40. The highest BCUT2D eigenvalue weighted by Gasteiger charge is 2.19. The Kier molecular flexibility index (Phi) is 3.37. The Bertz CT molecular complexity index is 615. The van der Waals surface area contributed by atoms with Crippen LogP contribution in [0.15, 0.2) is 24.3 Å². The molecule has 0 saturated heterocycles. The minimum absolute atomic E-state index is 0.214. The molecule has 2 rings (SSSR count). The number of nitrogens with two attached hydrogens (primary N) is 1. The number of rotatable bonds is 2. The van der Waals surface area contributed by atoms with Crippen LogP contribution in [0.1, 0.15) is 30.9 Å². The van der Waals surface area contributed by atoms with Crippen LogP contribution in [0.25, 0.3) is 11.3 Å². The molecule has 0 unspecified atom stereocenters. The third-order valence-electron chi connectivity index (χ3n) is 2.88. The largest absolute Gasteiger partial charge is 0.319 e. The molecular formula is C15H18FN3. The van der Waals surface area contributed by atoms with E-state index in [1.165, 1.54) is 6.07 Å². The van der Waals surface area contributed by atoms with Gasteiger partial charge < -0.3 is 5.73 Å². The van der Waals surface area contributed by atoms with Crippen LogP contribution in [0.3, 0.4) is 0 Å². The summed E-state index contributed by atoms with van der Waals surface area (Å²) in [5, 5.41) is 0. The summed E-state index contributed by atoms with van der Waals surface area (Å²) in [4.78, 5) is 8.85. The fourth-order valence-electron chi connectivity index (χ4n) is 1.81. The van der Waals surface area contributed by atoms with E-state index in [-0.39, 0.29) is 5.82 Å². The lowest BCUT2D eigenvalue weighted by atomic mass is 10.0. The maximum Gasteiger partial charge on any atom is 0.148 e. The van der Waals surface area contributed by atoms with E-state index in [9.17, 15) is 4.39 Å². The van der Waals surface area contributed by atoms with E-state index in [1.807, 2.05) is 26.8 Å². The lowest BCUT2D eigenvalue weighted by molar-refractivity contribution is 0.512. The molecule has 4 heteroatoms. The van der Waals surface area contributed by atoms with Crippen LogP contribution in [0, 0.1) is 19.7 Å². The van der Waals surface area contributed by atoms with Crippen molar-refractivity contribution in [2.75, 3.05) is 0 Å². The first-order valence-electron chi connectivity index (χ1n) is 6.19. The van der Waals surface area contributed by atoms with Crippen molar-refractivity contribution in [3.8, 4) is 11.3 Å². The number of hydrogen-bond acceptors (Lipinski definition) is 3. The Morgan fingerprint density at radius 2 is 1.79 bits per heavy atom. The standard InChI is InChI=1S/C15H18FN3/c1-9-7-11(5-6-12(9)16)13-8-10(2)18-14(19-13)15(3,4)17/h5-8H,17H2,1-4H3. The van der Waals surface area contributed by atoms with Crippen molar-refractivity contribution in [2.24, 2.45) is 5.73 Å². The van der Waals surface area contributed by atoms with Crippen LogP contribution in [0.2, 0.25) is 0 Å². The van der Waals surface area contributed by atoms with Gasteiger partial charge in [0.1, 0.15) is 11.6 Å². The van der Waals surface area contributed by atoms with Gasteiger partial charge in [0.15, 0.2) is 0 Å². The zero-order valence-electron chi connectivity index (χ0n) is 11.7. The molecule has 0 fully saturated rings. The minimum atomic E-state index is -0.601. The van der Waals surface area contributed by atoms with E-state index in [1.54, 1.807) is 19.1 Å². The number of benzene rings is 1. The number of aromatic nitrogens is 2. The van der Waals surface area contributed by atoms with E-state index in [0.717, 1.165) is 17.0 Å². The Hall–Kier alpha value is -1.81. The molecule has 2 N–H and O–H groups in total. The summed E-state index contributed by atoms with van der Waals surface area (Å²) in [7, 11) is 0. The second kappa shape index (κ2) is 4.70. The van der Waals surface area contributed by atoms with Crippen LogP contribution in [-0.4, -0.2) is 9.97 Å². The van der Waals surface area contributed by atoms with Crippen LogP contribution in [0.5, 0.6) is 0 Å². The molecule has 19 heavy (non-hydrogen) atoms. The van der Waals surface area contributed by atoms with Gasteiger partial charge in [0.05, 0.1) is 11.2 Å². The predicted molar refractivity (Wildman–Crippen MR) is 74.1 cm³/mol. The van der Waals surface area contributed by atoms with Gasteiger partial charge in [-0.2, -0.15) is 0 Å². The number of nitrogens with zero attached hydrogens (tertiary/aromatic N) is 2. The molecule has 1 heterocycles. The molecule has 0 aliphatic carbocycles. The van der Waals surface area contributed by atoms with Crippen molar-refractivity contribution >= 4 is 0 Å². The predicted octanol–water partition coefficient (Wildman–Crippen LogP) is 3.09. The molecule has 0 saturated carbocycles. The van der Waals surface area contributed by atoms with Crippen LogP contribution < -0.4 is 5.73 Å². The summed E-state index contributed by atoms with van der Waals surface area (Å²) in [5.74, 6) is 0.374. The highest BCUT2D eigenvalue weighted by molar-refractivity contribution is 5.60. The van der Waals surface area contributed by atoms with E-state index in [4.69, 9.17) is 5.73 Å². The summed E-state index contributed by atoms with van der Waals surface area (Å²) in [6, 6.07) is 6.83. The first-order chi connectivity index (χ1) is 8.77. The monoisotopic (exact) mass is 259 g/mol. The second-order valence-electron chi connectivity index (χ2n) is 5.40. The van der Waals surface area contributed by atoms with Crippen molar-refractivity contribution in [3.63, 3.8) is 0 Å². The van der Waals surface area contributed by atoms with Crippen molar-refractivity contribution in [1.29, 1.82) is 0 Å². The molecule has 0 aliphatic heterocycles. The highest BCUT2D eigenvalue weighted by atomic mass is 19.1. The van der Waals surface area contributed by atoms with Gasteiger partial charge in [-0.15, -0.1) is 0 Å². The summed E-state index contributed by atoms with van der Waals surface area (Å²) in [6.45, 7) is 7.36. The lowest BCUT2D eigenvalue weighted by Crippen LogP contribution is -2.31. The lowest BCUT2D eigenvalue weighted by Gasteiger charge is -2.18. The fourth-order valence-corrected chi connectivity index (χ4v) is 1.81. The van der Waals surface area contributed by atoms with Crippen molar-refractivity contribution in [2.45, 2.75) is 33.2 Å². The maximum absolute atomic E-state index is 13.3. The molecule has 2 aromatic rings. The Balaban J connectivity index is 2.56. The van der Waals surface area contributed by atoms with Gasteiger partial charge in [0.2, 0.25) is 0 Å². The quantitative estimate of drug-likeness (QED) is 0.901. The fraction of sp³-hybridized carbons (Fsp3) is 0.333. The summed E-state index contributed by atoms with van der Waals surface area (Å²) < 4.78 is 13.3. The molecule has 0 spiro atoms. The SMILES string of the molecule is Cc1cc(-c2ccc(F)c(C)c2)nc(C(C)(C)N)n1. The Labute approximate surface area is 112 Å². The van der Waals surface area contributed by atoms with Crippen LogP contribution in [0.4, 0.5) is 4.39 Å². The number of aryl methyl sites for hydroxylation is 2.